The van der Waals surface area contributed by atoms with E-state index in [4.69, 9.17) is 0 Å². The van der Waals surface area contributed by atoms with Gasteiger partial charge in [-0.1, -0.05) is 13.8 Å². The van der Waals surface area contributed by atoms with Crippen molar-refractivity contribution < 1.29 is 4.79 Å². The first-order valence-electron chi connectivity index (χ1n) is 7.20. The molecule has 17 heavy (non-hydrogen) atoms. The van der Waals surface area contributed by atoms with E-state index in [1.165, 1.54) is 25.7 Å². The van der Waals surface area contributed by atoms with Crippen LogP contribution in [-0.2, 0) is 4.79 Å². The van der Waals surface area contributed by atoms with Gasteiger partial charge in [-0.3, -0.25) is 4.79 Å². The Labute approximate surface area is 105 Å². The molecule has 2 saturated carbocycles. The zero-order valence-electron chi connectivity index (χ0n) is 11.2. The van der Waals surface area contributed by atoms with Crippen LogP contribution >= 0.6 is 0 Å². The highest BCUT2D eigenvalue weighted by atomic mass is 16.1. The second-order valence-corrected chi connectivity index (χ2v) is 5.82. The van der Waals surface area contributed by atoms with E-state index in [0.29, 0.717) is 18.0 Å². The fraction of sp³-hybridized carbons (Fsp3) is 0.929. The van der Waals surface area contributed by atoms with Crippen molar-refractivity contribution in [3.63, 3.8) is 0 Å². The molecule has 0 unspecified atom stereocenters. The number of hydrogen-bond acceptors (Lipinski definition) is 2. The molecule has 0 aromatic carbocycles. The highest BCUT2D eigenvalue weighted by molar-refractivity contribution is 5.78. The van der Waals surface area contributed by atoms with Crippen LogP contribution in [0.4, 0.5) is 0 Å². The van der Waals surface area contributed by atoms with E-state index in [2.05, 4.69) is 24.5 Å². The molecule has 0 heterocycles. The quantitative estimate of drug-likeness (QED) is 0.679. The van der Waals surface area contributed by atoms with E-state index in [9.17, 15) is 4.79 Å². The summed E-state index contributed by atoms with van der Waals surface area (Å²) < 4.78 is 0. The third-order valence-electron chi connectivity index (χ3n) is 4.45. The molecule has 2 fully saturated rings. The van der Waals surface area contributed by atoms with Crippen LogP contribution in [0.15, 0.2) is 0 Å². The Morgan fingerprint density at radius 2 is 1.94 bits per heavy atom. The maximum atomic E-state index is 11.7. The van der Waals surface area contributed by atoms with E-state index in [1.807, 2.05) is 0 Å². The van der Waals surface area contributed by atoms with Gasteiger partial charge in [0.1, 0.15) is 0 Å². The van der Waals surface area contributed by atoms with Crippen molar-refractivity contribution in [3.8, 4) is 0 Å². The zero-order chi connectivity index (χ0) is 12.3. The number of carbonyl (C=O) groups excluding carboxylic acids is 1. The molecule has 0 atom stereocenters. The first kappa shape index (κ1) is 12.9. The molecule has 0 saturated heterocycles. The molecule has 2 aliphatic rings. The van der Waals surface area contributed by atoms with Crippen LogP contribution in [0.1, 0.15) is 52.4 Å². The molecule has 3 heteroatoms. The Kier molecular flexibility index (Phi) is 4.08. The highest BCUT2D eigenvalue weighted by Crippen LogP contribution is 2.60. The van der Waals surface area contributed by atoms with Crippen molar-refractivity contribution in [1.82, 2.24) is 10.6 Å². The van der Waals surface area contributed by atoms with Gasteiger partial charge >= 0.3 is 0 Å². The molecule has 0 aromatic heterocycles. The van der Waals surface area contributed by atoms with Crippen LogP contribution in [0.3, 0.4) is 0 Å². The molecule has 1 amide bonds. The van der Waals surface area contributed by atoms with E-state index < -0.39 is 0 Å². The zero-order valence-corrected chi connectivity index (χ0v) is 11.2. The minimum absolute atomic E-state index is 0.158. The van der Waals surface area contributed by atoms with Crippen LogP contribution in [0.2, 0.25) is 0 Å². The molecule has 2 rings (SSSR count). The van der Waals surface area contributed by atoms with Gasteiger partial charge in [0.15, 0.2) is 0 Å². The van der Waals surface area contributed by atoms with E-state index in [1.54, 1.807) is 0 Å². The van der Waals surface area contributed by atoms with Crippen molar-refractivity contribution in [2.45, 2.75) is 58.4 Å². The van der Waals surface area contributed by atoms with Gasteiger partial charge in [-0.2, -0.15) is 0 Å². The molecule has 0 aliphatic heterocycles. The lowest BCUT2D eigenvalue weighted by atomic mass is 10.0. The van der Waals surface area contributed by atoms with Gasteiger partial charge in [0.2, 0.25) is 5.91 Å². The molecule has 0 aromatic rings. The van der Waals surface area contributed by atoms with Gasteiger partial charge in [0.05, 0.1) is 6.54 Å². The van der Waals surface area contributed by atoms with Crippen LogP contribution < -0.4 is 10.6 Å². The van der Waals surface area contributed by atoms with E-state index >= 15 is 0 Å². The summed E-state index contributed by atoms with van der Waals surface area (Å²) in [7, 11) is 0. The smallest absolute Gasteiger partial charge is 0.234 e. The Bertz CT molecular complexity index is 265. The summed E-state index contributed by atoms with van der Waals surface area (Å²) in [6.07, 6.45) is 7.63. The molecular formula is C14H26N2O. The Balaban J connectivity index is 1.60. The molecule has 98 valence electrons. The molecule has 0 radical (unpaired) electrons. The second-order valence-electron chi connectivity index (χ2n) is 5.82. The summed E-state index contributed by atoms with van der Waals surface area (Å²) in [5.41, 5.74) is 0.592. The fourth-order valence-corrected chi connectivity index (χ4v) is 2.78. The molecular weight excluding hydrogens is 212 g/mol. The van der Waals surface area contributed by atoms with Gasteiger partial charge in [-0.15, -0.1) is 0 Å². The predicted octanol–water partition coefficient (Wildman–Crippen LogP) is 2.07. The number of nitrogens with one attached hydrogen (secondary N) is 2. The summed E-state index contributed by atoms with van der Waals surface area (Å²) in [6, 6.07) is 0.350. The molecule has 0 bridgehead atoms. The SMILES string of the molecule is CCC(CC)NC(=O)CNCC1(C2CC2)CC1. The third-order valence-corrected chi connectivity index (χ3v) is 4.45. The Morgan fingerprint density at radius 1 is 1.29 bits per heavy atom. The summed E-state index contributed by atoms with van der Waals surface area (Å²) in [6.45, 7) is 5.78. The summed E-state index contributed by atoms with van der Waals surface area (Å²) in [4.78, 5) is 11.7. The predicted molar refractivity (Wildman–Crippen MR) is 69.8 cm³/mol. The summed E-state index contributed by atoms with van der Waals surface area (Å²) >= 11 is 0. The van der Waals surface area contributed by atoms with Gasteiger partial charge in [0.25, 0.3) is 0 Å². The lowest BCUT2D eigenvalue weighted by Crippen LogP contribution is -2.41. The number of amides is 1. The van der Waals surface area contributed by atoms with Gasteiger partial charge in [-0.25, -0.2) is 0 Å². The minimum Gasteiger partial charge on any atom is -0.352 e. The van der Waals surface area contributed by atoms with Crippen molar-refractivity contribution >= 4 is 5.91 Å². The van der Waals surface area contributed by atoms with Crippen molar-refractivity contribution in [1.29, 1.82) is 0 Å². The first-order valence-corrected chi connectivity index (χ1v) is 7.20. The van der Waals surface area contributed by atoms with Crippen LogP contribution in [0.25, 0.3) is 0 Å². The standard InChI is InChI=1S/C14H26N2O/c1-3-12(4-2)16-13(17)9-15-10-14(7-8-14)11-5-6-11/h11-12,15H,3-10H2,1-2H3,(H,16,17). The average Bonchev–Trinajstić information content (AvgIpc) is 3.16. The fourth-order valence-electron chi connectivity index (χ4n) is 2.78. The second kappa shape index (κ2) is 5.38. The maximum Gasteiger partial charge on any atom is 0.234 e. The number of rotatable bonds is 8. The first-order chi connectivity index (χ1) is 8.20. The van der Waals surface area contributed by atoms with E-state index in [0.717, 1.165) is 25.3 Å². The largest absolute Gasteiger partial charge is 0.352 e. The lowest BCUT2D eigenvalue weighted by molar-refractivity contribution is -0.121. The maximum absolute atomic E-state index is 11.7. The third kappa shape index (κ3) is 3.44. The molecule has 2 aliphatic carbocycles. The monoisotopic (exact) mass is 238 g/mol. The van der Waals surface area contributed by atoms with Gasteiger partial charge in [-0.05, 0) is 49.9 Å². The van der Waals surface area contributed by atoms with Gasteiger partial charge < -0.3 is 10.6 Å². The summed E-state index contributed by atoms with van der Waals surface area (Å²) in [5.74, 6) is 1.13. The minimum atomic E-state index is 0.158. The van der Waals surface area contributed by atoms with Crippen molar-refractivity contribution in [2.75, 3.05) is 13.1 Å². The Hall–Kier alpha value is -0.570. The normalized spacial score (nSPS) is 21.6. The van der Waals surface area contributed by atoms with Crippen molar-refractivity contribution in [2.24, 2.45) is 11.3 Å². The van der Waals surface area contributed by atoms with E-state index in [-0.39, 0.29) is 5.91 Å². The average molecular weight is 238 g/mol. The van der Waals surface area contributed by atoms with Crippen LogP contribution in [0.5, 0.6) is 0 Å². The number of carbonyl (C=O) groups is 1. The Morgan fingerprint density at radius 3 is 2.41 bits per heavy atom. The van der Waals surface area contributed by atoms with Crippen molar-refractivity contribution in [3.05, 3.63) is 0 Å². The highest BCUT2D eigenvalue weighted by Gasteiger charge is 2.53. The van der Waals surface area contributed by atoms with Crippen LogP contribution in [-0.4, -0.2) is 25.0 Å². The number of hydrogen-bond donors (Lipinski definition) is 2. The molecule has 3 nitrogen and oxygen atoms in total. The topological polar surface area (TPSA) is 41.1 Å². The summed E-state index contributed by atoms with van der Waals surface area (Å²) in [5, 5.41) is 6.42. The molecule has 0 spiro atoms. The van der Waals surface area contributed by atoms with Crippen LogP contribution in [0, 0.1) is 11.3 Å². The van der Waals surface area contributed by atoms with Gasteiger partial charge in [0, 0.05) is 12.6 Å². The molecule has 2 N–H and O–H groups in total. The lowest BCUT2D eigenvalue weighted by Gasteiger charge is -2.17.